The van der Waals surface area contributed by atoms with Gasteiger partial charge in [-0.25, -0.2) is 19.0 Å². The van der Waals surface area contributed by atoms with Crippen molar-refractivity contribution < 1.29 is 19.1 Å². The van der Waals surface area contributed by atoms with E-state index in [9.17, 15) is 14.7 Å². The van der Waals surface area contributed by atoms with Gasteiger partial charge in [-0.2, -0.15) is 0 Å². The maximum absolute atomic E-state index is 15.5. The zero-order valence-electron chi connectivity index (χ0n) is 16.2. The van der Waals surface area contributed by atoms with Crippen LogP contribution < -0.4 is 10.6 Å². The maximum atomic E-state index is 15.5. The van der Waals surface area contributed by atoms with Gasteiger partial charge in [0.2, 0.25) is 0 Å². The predicted octanol–water partition coefficient (Wildman–Crippen LogP) is 3.75. The van der Waals surface area contributed by atoms with Crippen LogP contribution >= 0.6 is 11.3 Å². The number of carboxylic acids is 1. The summed E-state index contributed by atoms with van der Waals surface area (Å²) in [4.78, 5) is 35.8. The molecule has 0 aliphatic rings. The number of carbonyl (C=O) groups is 2. The zero-order valence-corrected chi connectivity index (χ0v) is 17.0. The Kier molecular flexibility index (Phi) is 7.20. The predicted molar refractivity (Wildman–Crippen MR) is 123 cm³/mol. The third-order valence-electron chi connectivity index (χ3n) is 4.40. The van der Waals surface area contributed by atoms with Crippen molar-refractivity contribution >= 4 is 57.5 Å². The van der Waals surface area contributed by atoms with Crippen molar-refractivity contribution in [2.75, 3.05) is 11.9 Å². The second-order valence-electron chi connectivity index (χ2n) is 6.45. The number of aromatic nitrogens is 3. The van der Waals surface area contributed by atoms with E-state index in [2.05, 4.69) is 25.6 Å². The number of anilines is 1. The Morgan fingerprint density at radius 3 is 2.69 bits per heavy atom. The fourth-order valence-electron chi connectivity index (χ4n) is 3.03. The first-order valence-corrected chi connectivity index (χ1v) is 10.1. The molecule has 0 atom stereocenters. The minimum absolute atomic E-state index is 0. The molecule has 0 aliphatic carbocycles. The van der Waals surface area contributed by atoms with E-state index in [0.29, 0.717) is 28.1 Å². The molecule has 0 bridgehead atoms. The Hall–Kier alpha value is -3.32. The monoisotopic (exact) mass is 445 g/mol. The van der Waals surface area contributed by atoms with Crippen LogP contribution in [0.25, 0.3) is 32.6 Å². The topological polar surface area (TPSA) is 117 Å². The summed E-state index contributed by atoms with van der Waals surface area (Å²) in [6.07, 6.45) is 4.20. The third kappa shape index (κ3) is 4.62. The van der Waals surface area contributed by atoms with Gasteiger partial charge in [0.25, 0.3) is 0 Å². The van der Waals surface area contributed by atoms with Crippen LogP contribution in [0, 0.1) is 5.82 Å². The van der Waals surface area contributed by atoms with Crippen LogP contribution in [-0.4, -0.2) is 57.5 Å². The Balaban J connectivity index is 0.00000289. The quantitative estimate of drug-likeness (QED) is 0.403. The molecule has 0 saturated carbocycles. The van der Waals surface area contributed by atoms with Gasteiger partial charge < -0.3 is 10.4 Å². The molecule has 0 unspecified atom stereocenters. The number of fused-ring (bicyclic) bond motifs is 1. The van der Waals surface area contributed by atoms with Crippen molar-refractivity contribution in [2.45, 2.75) is 6.92 Å². The normalized spacial score (nSPS) is 10.4. The van der Waals surface area contributed by atoms with Crippen LogP contribution in [0.2, 0.25) is 0 Å². The van der Waals surface area contributed by atoms with Crippen LogP contribution in [0.4, 0.5) is 14.3 Å². The van der Waals surface area contributed by atoms with E-state index >= 15 is 4.39 Å². The summed E-state index contributed by atoms with van der Waals surface area (Å²) in [6.45, 7) is 2.21. The number of aromatic carboxylic acids is 1. The summed E-state index contributed by atoms with van der Waals surface area (Å²) in [6, 6.07) is 7.84. The van der Waals surface area contributed by atoms with Crippen LogP contribution in [0.15, 0.2) is 48.9 Å². The first-order chi connectivity index (χ1) is 15.0. The molecule has 4 aromatic rings. The molecule has 3 aromatic heterocycles. The molecule has 0 fully saturated rings. The number of carboxylic acid groups (broad SMARTS) is 1. The molecule has 0 saturated heterocycles. The molecule has 3 N–H and O–H groups in total. The average Bonchev–Trinajstić information content (AvgIpc) is 3.19. The summed E-state index contributed by atoms with van der Waals surface area (Å²) in [5.74, 6) is -1.80. The number of nitrogens with one attached hydrogen (secondary N) is 2. The second-order valence-corrected chi connectivity index (χ2v) is 7.45. The van der Waals surface area contributed by atoms with Crippen molar-refractivity contribution in [2.24, 2.45) is 0 Å². The number of urea groups is 1. The van der Waals surface area contributed by atoms with Gasteiger partial charge in [0.1, 0.15) is 5.52 Å². The molecule has 8 nitrogen and oxygen atoms in total. The number of halogens is 1. The van der Waals surface area contributed by atoms with E-state index in [-0.39, 0.29) is 40.6 Å². The Morgan fingerprint density at radius 1 is 1.19 bits per heavy atom. The molecule has 32 heavy (non-hydrogen) atoms. The molecule has 0 radical (unpaired) electrons. The molecule has 11 heteroatoms. The third-order valence-corrected chi connectivity index (χ3v) is 5.40. The summed E-state index contributed by atoms with van der Waals surface area (Å²) in [5.41, 5.74) is 1.61. The Bertz CT molecular complexity index is 1300. The van der Waals surface area contributed by atoms with E-state index in [0.717, 1.165) is 11.3 Å². The van der Waals surface area contributed by atoms with Crippen LogP contribution in [0.5, 0.6) is 0 Å². The van der Waals surface area contributed by atoms with E-state index in [1.165, 1.54) is 18.5 Å². The van der Waals surface area contributed by atoms with Gasteiger partial charge in [0.05, 0.1) is 16.0 Å². The number of rotatable bonds is 5. The number of benzene rings is 1. The summed E-state index contributed by atoms with van der Waals surface area (Å²) < 4.78 is 16.0. The van der Waals surface area contributed by atoms with Gasteiger partial charge >= 0.3 is 30.9 Å². The van der Waals surface area contributed by atoms with E-state index in [1.54, 1.807) is 37.4 Å². The Morgan fingerprint density at radius 2 is 2.00 bits per heavy atom. The molecule has 0 aliphatic heterocycles. The average molecular weight is 445 g/mol. The molecule has 158 valence electrons. The van der Waals surface area contributed by atoms with Gasteiger partial charge in [-0.05, 0) is 31.2 Å². The van der Waals surface area contributed by atoms with Crippen LogP contribution in [0.3, 0.4) is 0 Å². The summed E-state index contributed by atoms with van der Waals surface area (Å²) >= 11 is 1.13. The molecule has 2 amide bonds. The molecular weight excluding hydrogens is 428 g/mol. The number of carbonyl (C=O) groups excluding carboxylic acids is 1. The van der Waals surface area contributed by atoms with E-state index in [1.807, 2.05) is 0 Å². The molecule has 1 aromatic carbocycles. The van der Waals surface area contributed by atoms with Gasteiger partial charge in [-0.15, -0.1) is 0 Å². The number of amides is 2. The van der Waals surface area contributed by atoms with Crippen LogP contribution in [-0.2, 0) is 0 Å². The van der Waals surface area contributed by atoms with Gasteiger partial charge in [0, 0.05) is 41.8 Å². The first kappa shape index (κ1) is 23.3. The van der Waals surface area contributed by atoms with Crippen molar-refractivity contribution in [3.8, 4) is 22.4 Å². The summed E-state index contributed by atoms with van der Waals surface area (Å²) in [5, 5.41) is 14.7. The minimum atomic E-state index is -1.16. The molecular formula is C21H17FLiN5O3S. The SMILES string of the molecule is CCNC(=O)Nc1nc2c(F)c(-c3cncc(C(=O)O)c3)cc(-c3ccccn3)c2s1.[LiH]. The van der Waals surface area contributed by atoms with E-state index < -0.39 is 17.8 Å². The van der Waals surface area contributed by atoms with E-state index in [4.69, 9.17) is 0 Å². The number of thiazole rings is 1. The van der Waals surface area contributed by atoms with Crippen LogP contribution in [0.1, 0.15) is 17.3 Å². The van der Waals surface area contributed by atoms with Crippen molar-refractivity contribution in [1.82, 2.24) is 20.3 Å². The summed E-state index contributed by atoms with van der Waals surface area (Å²) in [7, 11) is 0. The second kappa shape index (κ2) is 9.87. The fourth-order valence-corrected chi connectivity index (χ4v) is 4.01. The molecule has 4 rings (SSSR count). The molecule has 3 heterocycles. The number of hydrogen-bond donors (Lipinski definition) is 3. The number of pyridine rings is 2. The van der Waals surface area contributed by atoms with Gasteiger partial charge in [0.15, 0.2) is 10.9 Å². The molecule has 0 spiro atoms. The van der Waals surface area contributed by atoms with Crippen molar-refractivity contribution in [3.05, 3.63) is 60.3 Å². The fraction of sp³-hybridized carbons (Fsp3) is 0.0952. The first-order valence-electron chi connectivity index (χ1n) is 9.26. The van der Waals surface area contributed by atoms with Crippen molar-refractivity contribution in [1.29, 1.82) is 0 Å². The Labute approximate surface area is 198 Å². The van der Waals surface area contributed by atoms with Gasteiger partial charge in [-0.3, -0.25) is 15.3 Å². The zero-order chi connectivity index (χ0) is 22.0. The number of nitrogens with zero attached hydrogens (tertiary/aromatic N) is 3. The number of hydrogen-bond acceptors (Lipinski definition) is 6. The van der Waals surface area contributed by atoms with Crippen molar-refractivity contribution in [3.63, 3.8) is 0 Å². The standard InChI is InChI=1S/C21H16FN5O3S.Li.H/c1-2-24-20(30)27-21-26-17-16(22)13(11-7-12(19(28)29)10-23-9-11)8-14(18(17)31-21)15-5-3-4-6-25-15;;/h3-10H,2H2,1H3,(H,28,29)(H2,24,26,27,30);;. The van der Waals surface area contributed by atoms with Gasteiger partial charge in [-0.1, -0.05) is 17.4 Å².